The van der Waals surface area contributed by atoms with Crippen molar-refractivity contribution in [2.24, 2.45) is 0 Å². The summed E-state index contributed by atoms with van der Waals surface area (Å²) in [5, 5.41) is 0. The molecule has 1 unspecified atom stereocenters. The minimum atomic E-state index is -0.210. The van der Waals surface area contributed by atoms with Gasteiger partial charge in [0.05, 0.1) is 12.1 Å². The molecule has 2 aromatic carbocycles. The molecule has 0 saturated carbocycles. The number of esters is 1. The molecule has 1 aliphatic heterocycles. The smallest absolute Gasteiger partial charge is 0.338 e. The number of benzene rings is 2. The van der Waals surface area contributed by atoms with Gasteiger partial charge in [0.15, 0.2) is 0 Å². The van der Waals surface area contributed by atoms with Gasteiger partial charge >= 0.3 is 5.97 Å². The van der Waals surface area contributed by atoms with Gasteiger partial charge in [-0.3, -0.25) is 0 Å². The summed E-state index contributed by atoms with van der Waals surface area (Å²) in [6.07, 6.45) is 1.93. The first-order valence-corrected chi connectivity index (χ1v) is 7.80. The van der Waals surface area contributed by atoms with Gasteiger partial charge in [0.2, 0.25) is 0 Å². The Bertz CT molecular complexity index is 645. The fraction of sp³-hybridized carbons (Fsp3) is 0.316. The lowest BCUT2D eigenvalue weighted by Crippen LogP contribution is -2.40. The van der Waals surface area contributed by atoms with Crippen molar-refractivity contribution in [2.75, 3.05) is 18.0 Å². The predicted molar refractivity (Wildman–Crippen MR) is 95.5 cm³/mol. The van der Waals surface area contributed by atoms with Gasteiger partial charge in [-0.05, 0) is 43.5 Å². The minimum Gasteiger partial charge on any atom is -0.457 e. The number of para-hydroxylation sites is 1. The van der Waals surface area contributed by atoms with E-state index in [1.807, 2.05) is 49.4 Å². The second kappa shape index (κ2) is 8.02. The van der Waals surface area contributed by atoms with Gasteiger partial charge in [0.25, 0.3) is 0 Å². The topological polar surface area (TPSA) is 29.5 Å². The van der Waals surface area contributed by atoms with Crippen LogP contribution < -0.4 is 4.90 Å². The number of rotatable bonds is 3. The molecule has 0 aliphatic carbocycles. The van der Waals surface area contributed by atoms with Crippen LogP contribution in [-0.2, 0) is 4.74 Å². The van der Waals surface area contributed by atoms with Crippen LogP contribution in [0.4, 0.5) is 5.69 Å². The van der Waals surface area contributed by atoms with Crippen molar-refractivity contribution < 1.29 is 9.53 Å². The van der Waals surface area contributed by atoms with Crippen LogP contribution in [0.1, 0.15) is 28.8 Å². The lowest BCUT2D eigenvalue weighted by atomic mass is 10.1. The van der Waals surface area contributed by atoms with Crippen molar-refractivity contribution in [3.8, 4) is 0 Å². The molecule has 1 saturated heterocycles. The van der Waals surface area contributed by atoms with E-state index in [1.54, 1.807) is 0 Å². The second-order valence-electron chi connectivity index (χ2n) is 5.77. The Labute approximate surface area is 143 Å². The average Bonchev–Trinajstić information content (AvgIpc) is 2.56. The lowest BCUT2D eigenvalue weighted by molar-refractivity contribution is 0.0269. The summed E-state index contributed by atoms with van der Waals surface area (Å²) in [4.78, 5) is 14.6. The largest absolute Gasteiger partial charge is 0.457 e. The number of halogens is 1. The Kier molecular flexibility index (Phi) is 6.05. The molecule has 1 heterocycles. The van der Waals surface area contributed by atoms with Crippen LogP contribution in [0.3, 0.4) is 0 Å². The molecule has 1 fully saturated rings. The van der Waals surface area contributed by atoms with E-state index < -0.39 is 0 Å². The number of anilines is 1. The third-order valence-electron chi connectivity index (χ3n) is 4.14. The van der Waals surface area contributed by atoms with Crippen LogP contribution in [0.2, 0.25) is 0 Å². The molecule has 0 spiro atoms. The molecule has 0 bridgehead atoms. The summed E-state index contributed by atoms with van der Waals surface area (Å²) in [7, 11) is 0. The highest BCUT2D eigenvalue weighted by molar-refractivity contribution is 5.91. The summed E-state index contributed by atoms with van der Waals surface area (Å²) in [6.45, 7) is 3.72. The van der Waals surface area contributed by atoms with E-state index >= 15 is 0 Å². The van der Waals surface area contributed by atoms with Crippen molar-refractivity contribution in [3.05, 3.63) is 65.7 Å². The molecule has 4 heteroatoms. The van der Waals surface area contributed by atoms with Crippen molar-refractivity contribution in [3.63, 3.8) is 0 Å². The highest BCUT2D eigenvalue weighted by atomic mass is 35.5. The van der Waals surface area contributed by atoms with Crippen molar-refractivity contribution >= 4 is 24.1 Å². The zero-order chi connectivity index (χ0) is 15.4. The second-order valence-corrected chi connectivity index (χ2v) is 5.77. The third kappa shape index (κ3) is 4.26. The van der Waals surface area contributed by atoms with Gasteiger partial charge in [0.1, 0.15) is 6.10 Å². The standard InChI is InChI=1S/C19H21NO2.ClH/c1-15-8-5-6-12-18(15)19(21)22-17-11-7-13-20(14-17)16-9-3-2-4-10-16;/h2-6,8-10,12,17H,7,11,13-14H2,1H3;1H. The molecule has 1 aliphatic rings. The Balaban J connectivity index is 0.00000192. The molecule has 3 nitrogen and oxygen atoms in total. The molecule has 0 amide bonds. The number of piperidine rings is 1. The lowest BCUT2D eigenvalue weighted by Gasteiger charge is -2.34. The van der Waals surface area contributed by atoms with Crippen LogP contribution in [0.15, 0.2) is 54.6 Å². The Morgan fingerprint density at radius 1 is 1.09 bits per heavy atom. The number of carbonyl (C=O) groups is 1. The number of nitrogens with zero attached hydrogens (tertiary/aromatic N) is 1. The number of hydrogen-bond acceptors (Lipinski definition) is 3. The molecule has 2 aromatic rings. The number of aryl methyl sites for hydroxylation is 1. The Hall–Kier alpha value is -2.00. The number of hydrogen-bond donors (Lipinski definition) is 0. The van der Waals surface area contributed by atoms with Crippen LogP contribution in [0, 0.1) is 6.92 Å². The monoisotopic (exact) mass is 331 g/mol. The van der Waals surface area contributed by atoms with E-state index in [0.29, 0.717) is 5.56 Å². The molecule has 0 aromatic heterocycles. The molecular formula is C19H22ClNO2. The van der Waals surface area contributed by atoms with Crippen LogP contribution >= 0.6 is 12.4 Å². The normalized spacial score (nSPS) is 17.3. The van der Waals surface area contributed by atoms with Gasteiger partial charge in [-0.15, -0.1) is 12.4 Å². The molecule has 0 N–H and O–H groups in total. The summed E-state index contributed by atoms with van der Waals surface area (Å²) in [6, 6.07) is 17.9. The van der Waals surface area contributed by atoms with Crippen molar-refractivity contribution in [1.29, 1.82) is 0 Å². The number of carbonyl (C=O) groups excluding carboxylic acids is 1. The summed E-state index contributed by atoms with van der Waals surface area (Å²) in [5.74, 6) is -0.210. The van der Waals surface area contributed by atoms with Crippen LogP contribution in [-0.4, -0.2) is 25.2 Å². The maximum absolute atomic E-state index is 12.3. The first-order chi connectivity index (χ1) is 10.7. The van der Waals surface area contributed by atoms with E-state index in [9.17, 15) is 4.79 Å². The van der Waals surface area contributed by atoms with Crippen molar-refractivity contribution in [2.45, 2.75) is 25.9 Å². The highest BCUT2D eigenvalue weighted by Gasteiger charge is 2.24. The molecule has 122 valence electrons. The molecule has 1 atom stereocenters. The zero-order valence-electron chi connectivity index (χ0n) is 13.3. The maximum Gasteiger partial charge on any atom is 0.338 e. The molecular weight excluding hydrogens is 310 g/mol. The SMILES string of the molecule is Cc1ccccc1C(=O)OC1CCCN(c2ccccc2)C1.Cl. The summed E-state index contributed by atoms with van der Waals surface area (Å²) < 4.78 is 5.73. The molecule has 23 heavy (non-hydrogen) atoms. The zero-order valence-corrected chi connectivity index (χ0v) is 14.1. The average molecular weight is 332 g/mol. The summed E-state index contributed by atoms with van der Waals surface area (Å²) in [5.41, 5.74) is 2.82. The van der Waals surface area contributed by atoms with E-state index in [4.69, 9.17) is 4.74 Å². The van der Waals surface area contributed by atoms with E-state index in [-0.39, 0.29) is 24.5 Å². The van der Waals surface area contributed by atoms with Gasteiger partial charge in [-0.1, -0.05) is 36.4 Å². The van der Waals surface area contributed by atoms with Crippen LogP contribution in [0.25, 0.3) is 0 Å². The number of ether oxygens (including phenoxy) is 1. The first kappa shape index (κ1) is 17.4. The first-order valence-electron chi connectivity index (χ1n) is 7.80. The van der Waals surface area contributed by atoms with E-state index in [1.165, 1.54) is 5.69 Å². The highest BCUT2D eigenvalue weighted by Crippen LogP contribution is 2.22. The van der Waals surface area contributed by atoms with Crippen molar-refractivity contribution in [1.82, 2.24) is 0 Å². The van der Waals surface area contributed by atoms with E-state index in [2.05, 4.69) is 17.0 Å². The molecule has 3 rings (SSSR count). The Morgan fingerprint density at radius 2 is 1.78 bits per heavy atom. The predicted octanol–water partition coefficient (Wildman–Crippen LogP) is 4.24. The van der Waals surface area contributed by atoms with Gasteiger partial charge < -0.3 is 9.64 Å². The van der Waals surface area contributed by atoms with Gasteiger partial charge in [0, 0.05) is 12.2 Å². The van der Waals surface area contributed by atoms with Gasteiger partial charge in [-0.25, -0.2) is 4.79 Å². The van der Waals surface area contributed by atoms with Gasteiger partial charge in [-0.2, -0.15) is 0 Å². The van der Waals surface area contributed by atoms with Crippen LogP contribution in [0.5, 0.6) is 0 Å². The Morgan fingerprint density at radius 3 is 2.52 bits per heavy atom. The fourth-order valence-electron chi connectivity index (χ4n) is 2.92. The third-order valence-corrected chi connectivity index (χ3v) is 4.14. The quantitative estimate of drug-likeness (QED) is 0.788. The molecule has 0 radical (unpaired) electrons. The minimum absolute atomic E-state index is 0. The van der Waals surface area contributed by atoms with E-state index in [0.717, 1.165) is 31.5 Å². The fourth-order valence-corrected chi connectivity index (χ4v) is 2.92. The summed E-state index contributed by atoms with van der Waals surface area (Å²) >= 11 is 0. The maximum atomic E-state index is 12.3.